The number of aromatic nitrogens is 4. The molecule has 2 aliphatic rings. The minimum Gasteiger partial charge on any atom is -0.309 e. The molecule has 0 unspecified atom stereocenters. The summed E-state index contributed by atoms with van der Waals surface area (Å²) in [4.78, 5) is 0. The van der Waals surface area contributed by atoms with Gasteiger partial charge in [0.1, 0.15) is 0 Å². The number of para-hydroxylation sites is 2. The Morgan fingerprint density at radius 3 is 0.812 bits per heavy atom. The van der Waals surface area contributed by atoms with Crippen molar-refractivity contribution in [3.63, 3.8) is 0 Å². The van der Waals surface area contributed by atoms with Gasteiger partial charge >= 0.3 is 0 Å². The number of rotatable bonds is 14. The second-order valence-electron chi connectivity index (χ2n) is 36.8. The van der Waals surface area contributed by atoms with E-state index in [1.807, 2.05) is 0 Å². The van der Waals surface area contributed by atoms with Gasteiger partial charge in [0.05, 0.1) is 55.0 Å². The van der Waals surface area contributed by atoms with E-state index in [0.717, 1.165) is 22.7 Å². The van der Waals surface area contributed by atoms with Crippen LogP contribution in [0.25, 0.3) is 199 Å². The number of hydrogen-bond donors (Lipinski definition) is 0. The van der Waals surface area contributed by atoms with Crippen LogP contribution >= 0.6 is 0 Å². The lowest BCUT2D eigenvalue weighted by Crippen LogP contribution is -2.29. The lowest BCUT2D eigenvalue weighted by atomic mass is 9.67. The summed E-state index contributed by atoms with van der Waals surface area (Å²) in [6.45, 7) is 0. The largest absolute Gasteiger partial charge is 0.309 e. The van der Waals surface area contributed by atoms with E-state index < -0.39 is 10.8 Å². The van der Waals surface area contributed by atoms with Crippen molar-refractivity contribution >= 4 is 87.2 Å². The maximum atomic E-state index is 2.56. The van der Waals surface area contributed by atoms with Crippen LogP contribution in [0.3, 0.4) is 0 Å². The third kappa shape index (κ3) is 12.5. The van der Waals surface area contributed by atoms with Crippen molar-refractivity contribution in [1.82, 2.24) is 18.3 Å². The van der Waals surface area contributed by atoms with Gasteiger partial charge in [0.15, 0.2) is 0 Å². The zero-order chi connectivity index (χ0) is 90.9. The Morgan fingerprint density at radius 1 is 0.138 bits per heavy atom. The third-order valence-electron chi connectivity index (χ3n) is 29.5. The zero-order valence-electron chi connectivity index (χ0n) is 75.6. The molecular weight excluding hydrogens is 1670 g/mol. The first-order valence-corrected chi connectivity index (χ1v) is 47.8. The molecule has 0 bridgehead atoms. The minimum absolute atomic E-state index is 0.515. The molecule has 0 N–H and O–H groups in total. The number of benzene rings is 22. The molecule has 4 nitrogen and oxygen atoms in total. The molecule has 2 aliphatic carbocycles. The average Bonchev–Trinajstić information content (AvgIpc) is 1.52. The molecule has 138 heavy (non-hydrogen) atoms. The van der Waals surface area contributed by atoms with Crippen LogP contribution in [-0.2, 0) is 10.8 Å². The average molecular weight is 1750 g/mol. The van der Waals surface area contributed by atoms with Gasteiger partial charge in [0.2, 0.25) is 0 Å². The third-order valence-corrected chi connectivity index (χ3v) is 29.5. The van der Waals surface area contributed by atoms with Gasteiger partial charge in [0, 0.05) is 77.0 Å². The molecule has 4 heteroatoms. The number of fused-ring (bicyclic) bond motifs is 20. The highest BCUT2D eigenvalue weighted by Gasteiger charge is 2.50. The number of nitrogens with zero attached hydrogens (tertiary/aromatic N) is 4. The van der Waals surface area contributed by atoms with E-state index in [0.29, 0.717) is 0 Å². The summed E-state index contributed by atoms with van der Waals surface area (Å²) in [6, 6.07) is 197. The fraction of sp³-hybridized carbons (Fsp3) is 0.0149. The molecule has 0 saturated heterocycles. The van der Waals surface area contributed by atoms with Gasteiger partial charge in [-0.3, -0.25) is 0 Å². The molecule has 4 heterocycles. The Balaban J connectivity index is 0.000000139. The Kier molecular flexibility index (Phi) is 18.8. The Labute approximate surface area is 800 Å². The quantitative estimate of drug-likeness (QED) is 0.103. The monoisotopic (exact) mass is 1750 g/mol. The topological polar surface area (TPSA) is 19.7 Å². The Morgan fingerprint density at radius 2 is 0.413 bits per heavy atom. The van der Waals surface area contributed by atoms with E-state index in [2.05, 4.69) is 552 Å². The Bertz CT molecular complexity index is 9210. The van der Waals surface area contributed by atoms with Gasteiger partial charge < -0.3 is 18.3 Å². The van der Waals surface area contributed by atoms with E-state index in [-0.39, 0.29) is 0 Å². The SMILES string of the molecule is c1ccc(-c2cccc(-n3c4ccccc4c4cc(-c5ccc6c(c5)c5ccc7c(c5n6-c5cccc(-c6ccccc6)c5)-c5ccccc5C7(c5ccccc5)c5ccccc5)ccc43)c2)cc1.c1ccc(-c2cccc(-n3c4ccccc4c4cc(-c5ccc6c(c5)c5ccc7c(c5n6-c5cccc(-c6ccccc6)c5)C(c5ccccc5)(c5ccccc5)c5ccccc5-7)ccc43)c2)cc1. The Hall–Kier alpha value is -18.0. The predicted octanol–water partition coefficient (Wildman–Crippen LogP) is 34.5. The summed E-state index contributed by atoms with van der Waals surface area (Å²) in [6.07, 6.45) is 0. The summed E-state index contributed by atoms with van der Waals surface area (Å²) in [5.74, 6) is 0. The van der Waals surface area contributed by atoms with Crippen LogP contribution in [0.4, 0.5) is 0 Å². The fourth-order valence-electron chi connectivity index (χ4n) is 23.6. The molecule has 0 fully saturated rings. The van der Waals surface area contributed by atoms with Crippen molar-refractivity contribution in [3.8, 4) is 112 Å². The van der Waals surface area contributed by atoms with E-state index in [1.54, 1.807) is 0 Å². The highest BCUT2D eigenvalue weighted by atomic mass is 15.0. The van der Waals surface area contributed by atoms with Gasteiger partial charge in [-0.05, 0) is 232 Å². The first-order valence-electron chi connectivity index (χ1n) is 47.8. The van der Waals surface area contributed by atoms with Crippen LogP contribution in [-0.4, -0.2) is 18.3 Å². The molecule has 0 radical (unpaired) electrons. The van der Waals surface area contributed by atoms with Crippen LogP contribution in [0.15, 0.2) is 534 Å². The van der Waals surface area contributed by atoms with Crippen molar-refractivity contribution in [1.29, 1.82) is 0 Å². The van der Waals surface area contributed by atoms with Gasteiger partial charge in [-0.15, -0.1) is 0 Å². The summed E-state index contributed by atoms with van der Waals surface area (Å²) in [7, 11) is 0. The van der Waals surface area contributed by atoms with E-state index in [9.17, 15) is 0 Å². The lowest BCUT2D eigenvalue weighted by molar-refractivity contribution is 0.769. The van der Waals surface area contributed by atoms with Crippen LogP contribution in [0.2, 0.25) is 0 Å². The van der Waals surface area contributed by atoms with Crippen molar-refractivity contribution in [2.24, 2.45) is 0 Å². The van der Waals surface area contributed by atoms with Crippen LogP contribution in [0.5, 0.6) is 0 Å². The van der Waals surface area contributed by atoms with Gasteiger partial charge in [-0.2, -0.15) is 0 Å². The first-order chi connectivity index (χ1) is 68.5. The van der Waals surface area contributed by atoms with E-state index in [1.165, 1.54) is 221 Å². The highest BCUT2D eigenvalue weighted by molar-refractivity contribution is 6.19. The molecule has 0 amide bonds. The lowest BCUT2D eigenvalue weighted by Gasteiger charge is -2.34. The highest BCUT2D eigenvalue weighted by Crippen LogP contribution is 2.62. The normalized spacial score (nSPS) is 12.8. The summed E-state index contributed by atoms with van der Waals surface area (Å²) >= 11 is 0. The van der Waals surface area contributed by atoms with Crippen LogP contribution in [0.1, 0.15) is 44.5 Å². The second-order valence-corrected chi connectivity index (χ2v) is 36.8. The maximum Gasteiger partial charge on any atom is 0.0734 e. The van der Waals surface area contributed by atoms with Gasteiger partial charge in [-0.25, -0.2) is 0 Å². The molecule has 0 saturated carbocycles. The second kappa shape index (κ2) is 32.5. The first kappa shape index (κ1) is 79.8. The van der Waals surface area contributed by atoms with Crippen molar-refractivity contribution in [2.45, 2.75) is 10.8 Å². The summed E-state index contributed by atoms with van der Waals surface area (Å²) in [5, 5.41) is 9.87. The molecule has 22 aromatic carbocycles. The van der Waals surface area contributed by atoms with Gasteiger partial charge in [-0.1, -0.05) is 425 Å². The maximum absolute atomic E-state index is 2.56. The van der Waals surface area contributed by atoms with Gasteiger partial charge in [0.25, 0.3) is 0 Å². The summed E-state index contributed by atoms with van der Waals surface area (Å²) < 4.78 is 9.95. The minimum atomic E-state index is -0.584. The standard InChI is InChI=1S/2C67H44N2/c1-5-19-45(20-6-1)47-23-17-29-53(41-47)68-62-34-16-14-31-55(62)58-43-49(35-39-63(58)68)50-36-40-64-59(44-50)56-37-38-61-65(66(56)69(64)54-30-18-24-48(42-54)46-21-7-2-8-22-46)57-32-13-15-33-60(57)67(61,51-25-9-3-10-26-51)52-27-11-4-12-28-52;1-5-19-45(20-6-1)47-23-17-29-53(41-47)68-62-34-16-14-32-56(62)59-43-49(35-39-63(59)68)50-36-40-64-60(44-50)58-38-37-57-55-31-13-15-33-61(55)67(51-25-9-3-10-26-51,52-27-11-4-12-28-52)65(57)66(58)69(64)54-30-18-24-48(42-54)46-21-7-2-8-22-46/h2*1-44H. The van der Waals surface area contributed by atoms with Crippen molar-refractivity contribution in [3.05, 3.63) is 578 Å². The van der Waals surface area contributed by atoms with Crippen LogP contribution in [0, 0.1) is 0 Å². The fourth-order valence-corrected chi connectivity index (χ4v) is 23.6. The molecule has 0 spiro atoms. The molecule has 644 valence electrons. The van der Waals surface area contributed by atoms with Crippen molar-refractivity contribution in [2.75, 3.05) is 0 Å². The smallest absolute Gasteiger partial charge is 0.0734 e. The molecule has 4 aromatic heterocycles. The molecule has 26 aromatic rings. The summed E-state index contributed by atoms with van der Waals surface area (Å²) in [5.41, 5.74) is 42.8. The molecule has 28 rings (SSSR count). The molecular formula is C134H88N4. The predicted molar refractivity (Wildman–Crippen MR) is 577 cm³/mol. The van der Waals surface area contributed by atoms with Crippen molar-refractivity contribution < 1.29 is 0 Å². The van der Waals surface area contributed by atoms with E-state index in [4.69, 9.17) is 0 Å². The van der Waals surface area contributed by atoms with E-state index >= 15 is 0 Å². The molecule has 0 atom stereocenters. The molecule has 0 aliphatic heterocycles. The number of hydrogen-bond acceptors (Lipinski definition) is 0. The zero-order valence-corrected chi connectivity index (χ0v) is 75.6. The van der Waals surface area contributed by atoms with Crippen LogP contribution < -0.4 is 0 Å².